The molecule has 22 heavy (non-hydrogen) atoms. The fourth-order valence-electron chi connectivity index (χ4n) is 1.69. The highest BCUT2D eigenvalue weighted by atomic mass is 127. The van der Waals surface area contributed by atoms with Crippen molar-refractivity contribution >= 4 is 41.7 Å². The minimum atomic E-state index is 0. The van der Waals surface area contributed by atoms with Crippen LogP contribution in [-0.4, -0.2) is 38.2 Å². The van der Waals surface area contributed by atoms with Gasteiger partial charge in [-0.25, -0.2) is 0 Å². The number of nitrogens with one attached hydrogen (secondary N) is 2. The van der Waals surface area contributed by atoms with E-state index in [0.29, 0.717) is 5.92 Å². The van der Waals surface area contributed by atoms with Gasteiger partial charge in [-0.15, -0.1) is 24.0 Å². The summed E-state index contributed by atoms with van der Waals surface area (Å²) in [6.45, 7) is 6.69. The van der Waals surface area contributed by atoms with Crippen molar-refractivity contribution in [3.63, 3.8) is 0 Å². The molecular weight excluding hydrogens is 409 g/mol. The third kappa shape index (κ3) is 9.40. The van der Waals surface area contributed by atoms with Gasteiger partial charge in [-0.2, -0.15) is 11.8 Å². The molecule has 0 unspecified atom stereocenters. The van der Waals surface area contributed by atoms with Crippen LogP contribution in [0.25, 0.3) is 0 Å². The molecule has 1 aromatic carbocycles. The first-order chi connectivity index (χ1) is 10.2. The van der Waals surface area contributed by atoms with Crippen LogP contribution in [-0.2, 0) is 6.54 Å². The Bertz CT molecular complexity index is 441. The van der Waals surface area contributed by atoms with E-state index in [1.807, 2.05) is 23.9 Å². The highest BCUT2D eigenvalue weighted by Gasteiger charge is 2.01. The quantitative estimate of drug-likeness (QED) is 0.283. The summed E-state index contributed by atoms with van der Waals surface area (Å²) in [5.74, 6) is 3.36. The smallest absolute Gasteiger partial charge is 0.191 e. The Morgan fingerprint density at radius 3 is 2.73 bits per heavy atom. The van der Waals surface area contributed by atoms with Gasteiger partial charge >= 0.3 is 0 Å². The lowest BCUT2D eigenvalue weighted by Crippen LogP contribution is -2.37. The lowest BCUT2D eigenvalue weighted by Gasteiger charge is -2.13. The highest BCUT2D eigenvalue weighted by Crippen LogP contribution is 2.14. The van der Waals surface area contributed by atoms with Crippen LogP contribution in [0.2, 0.25) is 0 Å². The number of thioether (sulfide) groups is 1. The van der Waals surface area contributed by atoms with Gasteiger partial charge in [0.05, 0.1) is 6.61 Å². The fourth-order valence-corrected chi connectivity index (χ4v) is 1.99. The van der Waals surface area contributed by atoms with E-state index in [1.54, 1.807) is 7.05 Å². The largest absolute Gasteiger partial charge is 0.493 e. The number of aliphatic imine (C=N–C) groups is 1. The Morgan fingerprint density at radius 2 is 2.09 bits per heavy atom. The van der Waals surface area contributed by atoms with Gasteiger partial charge in [-0.3, -0.25) is 4.99 Å². The SMILES string of the molecule is CN=C(NCCSC)NCc1cccc(OCC(C)C)c1.I. The lowest BCUT2D eigenvalue weighted by molar-refractivity contribution is 0.271. The number of benzene rings is 1. The van der Waals surface area contributed by atoms with Crippen LogP contribution in [0.1, 0.15) is 19.4 Å². The van der Waals surface area contributed by atoms with Crippen molar-refractivity contribution in [3.05, 3.63) is 29.8 Å². The summed E-state index contributed by atoms with van der Waals surface area (Å²) in [5.41, 5.74) is 1.18. The molecular formula is C16H28IN3OS. The minimum absolute atomic E-state index is 0. The number of hydrogen-bond acceptors (Lipinski definition) is 3. The molecule has 0 saturated carbocycles. The molecule has 2 N–H and O–H groups in total. The van der Waals surface area contributed by atoms with E-state index in [-0.39, 0.29) is 24.0 Å². The Morgan fingerprint density at radius 1 is 1.32 bits per heavy atom. The lowest BCUT2D eigenvalue weighted by atomic mass is 10.2. The molecule has 0 spiro atoms. The predicted molar refractivity (Wildman–Crippen MR) is 109 cm³/mol. The third-order valence-electron chi connectivity index (χ3n) is 2.76. The summed E-state index contributed by atoms with van der Waals surface area (Å²) in [6.07, 6.45) is 2.10. The molecule has 0 heterocycles. The average Bonchev–Trinajstić information content (AvgIpc) is 2.49. The second-order valence-electron chi connectivity index (χ2n) is 5.20. The van der Waals surface area contributed by atoms with Gasteiger partial charge in [0, 0.05) is 25.9 Å². The average molecular weight is 437 g/mol. The molecule has 126 valence electrons. The Labute approximate surface area is 155 Å². The zero-order valence-electron chi connectivity index (χ0n) is 13.9. The van der Waals surface area contributed by atoms with E-state index in [2.05, 4.69) is 47.9 Å². The first kappa shape index (κ1) is 21.4. The van der Waals surface area contributed by atoms with Gasteiger partial charge in [0.1, 0.15) is 5.75 Å². The minimum Gasteiger partial charge on any atom is -0.493 e. The maximum absolute atomic E-state index is 5.74. The second kappa shape index (κ2) is 12.9. The first-order valence-corrected chi connectivity index (χ1v) is 8.70. The summed E-state index contributed by atoms with van der Waals surface area (Å²) >= 11 is 1.82. The van der Waals surface area contributed by atoms with Crippen LogP contribution >= 0.6 is 35.7 Å². The van der Waals surface area contributed by atoms with Crippen molar-refractivity contribution in [1.82, 2.24) is 10.6 Å². The number of halogens is 1. The van der Waals surface area contributed by atoms with Gasteiger partial charge in [-0.05, 0) is 29.9 Å². The van der Waals surface area contributed by atoms with Crippen LogP contribution in [0.15, 0.2) is 29.3 Å². The number of ether oxygens (including phenoxy) is 1. The third-order valence-corrected chi connectivity index (χ3v) is 3.38. The standard InChI is InChI=1S/C16H27N3OS.HI/c1-13(2)12-20-15-7-5-6-14(10-15)11-19-16(17-3)18-8-9-21-4;/h5-7,10,13H,8-9,11-12H2,1-4H3,(H2,17,18,19);1H. The van der Waals surface area contributed by atoms with Gasteiger partial charge < -0.3 is 15.4 Å². The van der Waals surface area contributed by atoms with Crippen molar-refractivity contribution in [2.75, 3.05) is 32.2 Å². The highest BCUT2D eigenvalue weighted by molar-refractivity contribution is 14.0. The van der Waals surface area contributed by atoms with E-state index < -0.39 is 0 Å². The zero-order valence-corrected chi connectivity index (χ0v) is 17.0. The first-order valence-electron chi connectivity index (χ1n) is 7.31. The van der Waals surface area contributed by atoms with Crippen LogP contribution in [0.4, 0.5) is 0 Å². The number of nitrogens with zero attached hydrogens (tertiary/aromatic N) is 1. The van der Waals surface area contributed by atoms with Crippen LogP contribution in [0.3, 0.4) is 0 Å². The van der Waals surface area contributed by atoms with Crippen LogP contribution in [0.5, 0.6) is 5.75 Å². The molecule has 0 fully saturated rings. The van der Waals surface area contributed by atoms with Crippen molar-refractivity contribution in [1.29, 1.82) is 0 Å². The number of hydrogen-bond donors (Lipinski definition) is 2. The monoisotopic (exact) mass is 437 g/mol. The topological polar surface area (TPSA) is 45.7 Å². The van der Waals surface area contributed by atoms with Crippen molar-refractivity contribution in [2.24, 2.45) is 10.9 Å². The van der Waals surface area contributed by atoms with Gasteiger partial charge in [0.25, 0.3) is 0 Å². The molecule has 0 bridgehead atoms. The summed E-state index contributed by atoms with van der Waals surface area (Å²) in [5, 5.41) is 6.59. The molecule has 1 aromatic rings. The molecule has 6 heteroatoms. The predicted octanol–water partition coefficient (Wildman–Crippen LogP) is 3.37. The maximum atomic E-state index is 5.74. The van der Waals surface area contributed by atoms with Gasteiger partial charge in [-0.1, -0.05) is 26.0 Å². The summed E-state index contributed by atoms with van der Waals surface area (Å²) in [7, 11) is 1.79. The normalized spacial score (nSPS) is 11.0. The Balaban J connectivity index is 0.00000441. The van der Waals surface area contributed by atoms with Crippen molar-refractivity contribution in [2.45, 2.75) is 20.4 Å². The van der Waals surface area contributed by atoms with E-state index in [4.69, 9.17) is 4.74 Å². The van der Waals surface area contributed by atoms with Crippen LogP contribution < -0.4 is 15.4 Å². The molecule has 4 nitrogen and oxygen atoms in total. The Kier molecular flexibility index (Phi) is 12.5. The van der Waals surface area contributed by atoms with Gasteiger partial charge in [0.15, 0.2) is 5.96 Å². The fraction of sp³-hybridized carbons (Fsp3) is 0.562. The van der Waals surface area contributed by atoms with Crippen molar-refractivity contribution in [3.8, 4) is 5.75 Å². The number of guanidine groups is 1. The Hall–Kier alpha value is -0.630. The van der Waals surface area contributed by atoms with Gasteiger partial charge in [0.2, 0.25) is 0 Å². The van der Waals surface area contributed by atoms with E-state index in [9.17, 15) is 0 Å². The molecule has 0 radical (unpaired) electrons. The molecule has 0 atom stereocenters. The van der Waals surface area contributed by atoms with E-state index in [1.165, 1.54) is 5.56 Å². The van der Waals surface area contributed by atoms with Crippen molar-refractivity contribution < 1.29 is 4.74 Å². The summed E-state index contributed by atoms with van der Waals surface area (Å²) in [6, 6.07) is 8.18. The van der Waals surface area contributed by atoms with E-state index in [0.717, 1.165) is 37.2 Å². The molecule has 0 aliphatic heterocycles. The molecule has 0 amide bonds. The van der Waals surface area contributed by atoms with Crippen LogP contribution in [0, 0.1) is 5.92 Å². The summed E-state index contributed by atoms with van der Waals surface area (Å²) < 4.78 is 5.74. The number of rotatable bonds is 8. The molecule has 0 aliphatic carbocycles. The maximum Gasteiger partial charge on any atom is 0.191 e. The molecule has 1 rings (SSSR count). The second-order valence-corrected chi connectivity index (χ2v) is 6.18. The summed E-state index contributed by atoms with van der Waals surface area (Å²) in [4.78, 5) is 4.21. The molecule has 0 aromatic heterocycles. The zero-order chi connectivity index (χ0) is 15.5. The van der Waals surface area contributed by atoms with E-state index >= 15 is 0 Å². The molecule has 0 aliphatic rings. The molecule has 0 saturated heterocycles.